The van der Waals surface area contributed by atoms with E-state index in [0.29, 0.717) is 18.5 Å². The highest BCUT2D eigenvalue weighted by Gasteiger charge is 2.33. The van der Waals surface area contributed by atoms with E-state index in [1.807, 2.05) is 24.8 Å². The SMILES string of the molecule is CC(C)c1ccc(C(=O)N2CCCN(CC3CC3)[C@@H](C(C)C)C2)c(=O)[nH]1. The monoisotopic (exact) mass is 359 g/mol. The molecule has 1 saturated heterocycles. The molecule has 5 heteroatoms. The molecule has 0 aromatic carbocycles. The van der Waals surface area contributed by atoms with Crippen molar-refractivity contribution in [3.63, 3.8) is 0 Å². The molecule has 1 aliphatic heterocycles. The fourth-order valence-corrected chi connectivity index (χ4v) is 3.90. The van der Waals surface area contributed by atoms with Gasteiger partial charge in [0.25, 0.3) is 11.5 Å². The normalized spacial score (nSPS) is 22.1. The van der Waals surface area contributed by atoms with Crippen LogP contribution < -0.4 is 5.56 Å². The average Bonchev–Trinajstić information content (AvgIpc) is 3.41. The zero-order valence-corrected chi connectivity index (χ0v) is 16.6. The molecular formula is C21H33N3O2. The lowest BCUT2D eigenvalue weighted by atomic mass is 10.0. The summed E-state index contributed by atoms with van der Waals surface area (Å²) in [5.41, 5.74) is 0.881. The Morgan fingerprint density at radius 1 is 1.19 bits per heavy atom. The molecule has 0 spiro atoms. The van der Waals surface area contributed by atoms with Gasteiger partial charge in [-0.05, 0) is 49.1 Å². The number of rotatable bonds is 5. The predicted octanol–water partition coefficient (Wildman–Crippen LogP) is 3.08. The van der Waals surface area contributed by atoms with Gasteiger partial charge >= 0.3 is 0 Å². The van der Waals surface area contributed by atoms with Crippen molar-refractivity contribution >= 4 is 5.91 Å². The fourth-order valence-electron chi connectivity index (χ4n) is 3.90. The molecule has 5 nitrogen and oxygen atoms in total. The third-order valence-corrected chi connectivity index (χ3v) is 5.78. The minimum atomic E-state index is -0.263. The maximum Gasteiger partial charge on any atom is 0.261 e. The maximum absolute atomic E-state index is 13.1. The van der Waals surface area contributed by atoms with Crippen LogP contribution >= 0.6 is 0 Å². The van der Waals surface area contributed by atoms with Crippen molar-refractivity contribution in [2.45, 2.75) is 58.9 Å². The van der Waals surface area contributed by atoms with Gasteiger partial charge in [0.2, 0.25) is 0 Å². The van der Waals surface area contributed by atoms with Crippen LogP contribution in [0, 0.1) is 11.8 Å². The minimum Gasteiger partial charge on any atom is -0.337 e. The van der Waals surface area contributed by atoms with Gasteiger partial charge in [-0.3, -0.25) is 14.5 Å². The molecule has 1 saturated carbocycles. The molecule has 26 heavy (non-hydrogen) atoms. The molecular weight excluding hydrogens is 326 g/mol. The Morgan fingerprint density at radius 2 is 1.92 bits per heavy atom. The van der Waals surface area contributed by atoms with Crippen molar-refractivity contribution in [1.82, 2.24) is 14.8 Å². The predicted molar refractivity (Wildman–Crippen MR) is 105 cm³/mol. The first-order valence-electron chi connectivity index (χ1n) is 10.1. The number of nitrogens with one attached hydrogen (secondary N) is 1. The molecule has 0 unspecified atom stereocenters. The Balaban J connectivity index is 1.77. The van der Waals surface area contributed by atoms with E-state index in [9.17, 15) is 9.59 Å². The van der Waals surface area contributed by atoms with E-state index in [4.69, 9.17) is 0 Å². The number of hydrogen-bond donors (Lipinski definition) is 1. The van der Waals surface area contributed by atoms with Gasteiger partial charge in [0.15, 0.2) is 0 Å². The lowest BCUT2D eigenvalue weighted by Crippen LogP contribution is -2.47. The van der Waals surface area contributed by atoms with Crippen molar-refractivity contribution < 1.29 is 4.79 Å². The molecule has 2 heterocycles. The Kier molecular flexibility index (Phi) is 5.86. The second-order valence-electron chi connectivity index (χ2n) is 8.67. The molecule has 2 aliphatic rings. The van der Waals surface area contributed by atoms with Crippen molar-refractivity contribution in [2.75, 3.05) is 26.2 Å². The van der Waals surface area contributed by atoms with E-state index in [-0.39, 0.29) is 22.9 Å². The molecule has 1 aliphatic carbocycles. The van der Waals surface area contributed by atoms with Gasteiger partial charge in [0.05, 0.1) is 0 Å². The summed E-state index contributed by atoms with van der Waals surface area (Å²) in [6.07, 6.45) is 3.67. The fraction of sp³-hybridized carbons (Fsp3) is 0.714. The summed E-state index contributed by atoms with van der Waals surface area (Å²) in [5, 5.41) is 0. The van der Waals surface area contributed by atoms with E-state index in [2.05, 4.69) is 23.7 Å². The van der Waals surface area contributed by atoms with Crippen LogP contribution in [0.15, 0.2) is 16.9 Å². The molecule has 1 aromatic rings. The van der Waals surface area contributed by atoms with E-state index >= 15 is 0 Å². The van der Waals surface area contributed by atoms with Crippen LogP contribution in [0.2, 0.25) is 0 Å². The Bertz CT molecular complexity index is 691. The number of H-pyrrole nitrogens is 1. The zero-order chi connectivity index (χ0) is 18.8. The number of aromatic nitrogens is 1. The number of pyridine rings is 1. The number of aromatic amines is 1. The lowest BCUT2D eigenvalue weighted by Gasteiger charge is -2.34. The molecule has 144 valence electrons. The first kappa shape index (κ1) is 19.2. The first-order chi connectivity index (χ1) is 12.4. The van der Waals surface area contributed by atoms with Crippen LogP contribution in [-0.2, 0) is 0 Å². The van der Waals surface area contributed by atoms with Crippen LogP contribution in [0.3, 0.4) is 0 Å². The minimum absolute atomic E-state index is 0.125. The summed E-state index contributed by atoms with van der Waals surface area (Å²) in [6.45, 7) is 12.2. The van der Waals surface area contributed by atoms with E-state index in [1.165, 1.54) is 12.8 Å². The second kappa shape index (κ2) is 7.95. The standard InChI is InChI=1S/C21H33N3O2/c1-14(2)18-9-8-17(20(25)22-18)21(26)24-11-5-10-23(12-16-6-7-16)19(13-24)15(3)4/h8-9,14-16,19H,5-7,10-13H2,1-4H3,(H,22,25)/t19-/m1/s1. The Labute approximate surface area is 156 Å². The summed E-state index contributed by atoms with van der Waals surface area (Å²) in [5.74, 6) is 1.46. The zero-order valence-electron chi connectivity index (χ0n) is 16.6. The van der Waals surface area contributed by atoms with Crippen LogP contribution in [0.4, 0.5) is 0 Å². The van der Waals surface area contributed by atoms with Gasteiger partial charge in [-0.1, -0.05) is 27.7 Å². The molecule has 0 radical (unpaired) electrons. The maximum atomic E-state index is 13.1. The number of carbonyl (C=O) groups is 1. The molecule has 1 amide bonds. The summed E-state index contributed by atoms with van der Waals surface area (Å²) < 4.78 is 0. The van der Waals surface area contributed by atoms with E-state index in [1.54, 1.807) is 6.07 Å². The van der Waals surface area contributed by atoms with E-state index in [0.717, 1.165) is 37.7 Å². The Morgan fingerprint density at radius 3 is 2.50 bits per heavy atom. The molecule has 0 bridgehead atoms. The summed E-state index contributed by atoms with van der Waals surface area (Å²) in [4.78, 5) is 32.8. The van der Waals surface area contributed by atoms with Crippen LogP contribution in [0.1, 0.15) is 68.9 Å². The second-order valence-corrected chi connectivity index (χ2v) is 8.67. The molecule has 1 aromatic heterocycles. The smallest absolute Gasteiger partial charge is 0.261 e. The number of hydrogen-bond acceptors (Lipinski definition) is 3. The third-order valence-electron chi connectivity index (χ3n) is 5.78. The average molecular weight is 360 g/mol. The molecule has 2 fully saturated rings. The summed E-state index contributed by atoms with van der Waals surface area (Å²) in [7, 11) is 0. The molecule has 3 rings (SSSR count). The van der Waals surface area contributed by atoms with Gasteiger partial charge in [-0.25, -0.2) is 0 Å². The van der Waals surface area contributed by atoms with Crippen molar-refractivity contribution in [3.8, 4) is 0 Å². The highest BCUT2D eigenvalue weighted by molar-refractivity contribution is 5.93. The largest absolute Gasteiger partial charge is 0.337 e. The molecule has 1 N–H and O–H groups in total. The Hall–Kier alpha value is -1.62. The van der Waals surface area contributed by atoms with Crippen molar-refractivity contribution in [1.29, 1.82) is 0 Å². The topological polar surface area (TPSA) is 56.4 Å². The van der Waals surface area contributed by atoms with Gasteiger partial charge < -0.3 is 9.88 Å². The van der Waals surface area contributed by atoms with Gasteiger partial charge in [0.1, 0.15) is 5.56 Å². The van der Waals surface area contributed by atoms with Gasteiger partial charge in [-0.15, -0.1) is 0 Å². The van der Waals surface area contributed by atoms with E-state index < -0.39 is 0 Å². The number of nitrogens with zero attached hydrogens (tertiary/aromatic N) is 2. The van der Waals surface area contributed by atoms with Crippen LogP contribution in [0.25, 0.3) is 0 Å². The van der Waals surface area contributed by atoms with Crippen molar-refractivity contribution in [3.05, 3.63) is 33.7 Å². The van der Waals surface area contributed by atoms with Gasteiger partial charge in [-0.2, -0.15) is 0 Å². The highest BCUT2D eigenvalue weighted by Crippen LogP contribution is 2.32. The van der Waals surface area contributed by atoms with Gasteiger partial charge in [0, 0.05) is 37.9 Å². The summed E-state index contributed by atoms with van der Waals surface area (Å²) >= 11 is 0. The molecule has 1 atom stereocenters. The van der Waals surface area contributed by atoms with Crippen LogP contribution in [0.5, 0.6) is 0 Å². The summed E-state index contributed by atoms with van der Waals surface area (Å²) in [6, 6.07) is 3.94. The first-order valence-corrected chi connectivity index (χ1v) is 10.1. The quantitative estimate of drug-likeness (QED) is 0.879. The van der Waals surface area contributed by atoms with Crippen LogP contribution in [-0.4, -0.2) is 52.9 Å². The van der Waals surface area contributed by atoms with Crippen molar-refractivity contribution in [2.24, 2.45) is 11.8 Å². The third kappa shape index (κ3) is 4.37. The number of amides is 1. The number of carbonyl (C=O) groups excluding carboxylic acids is 1. The highest BCUT2D eigenvalue weighted by atomic mass is 16.2. The lowest BCUT2D eigenvalue weighted by molar-refractivity contribution is 0.0702.